The van der Waals surface area contributed by atoms with Gasteiger partial charge in [0.25, 0.3) is 0 Å². The Hall–Kier alpha value is -0.580. The number of hydrogen-bond acceptors (Lipinski definition) is 2. The molecule has 0 aromatic carbocycles. The Balaban J connectivity index is 2.33. The second-order valence-electron chi connectivity index (χ2n) is 4.23. The summed E-state index contributed by atoms with van der Waals surface area (Å²) in [5.41, 5.74) is -0.680. The first kappa shape index (κ1) is 12.5. The van der Waals surface area contributed by atoms with Crippen LogP contribution in [0, 0.1) is 0 Å². The van der Waals surface area contributed by atoms with Crippen molar-refractivity contribution < 1.29 is 22.7 Å². The van der Waals surface area contributed by atoms with Gasteiger partial charge in [0, 0.05) is 19.3 Å². The van der Waals surface area contributed by atoms with Gasteiger partial charge in [-0.2, -0.15) is 13.2 Å². The second-order valence-corrected chi connectivity index (χ2v) is 4.23. The van der Waals surface area contributed by atoms with Gasteiger partial charge in [0.15, 0.2) is 0 Å². The first-order valence-corrected chi connectivity index (χ1v) is 5.03. The Labute approximate surface area is 86.8 Å². The van der Waals surface area contributed by atoms with Crippen LogP contribution in [-0.2, 0) is 9.53 Å². The number of alkyl halides is 3. The molecule has 0 N–H and O–H groups in total. The van der Waals surface area contributed by atoms with E-state index in [0.717, 1.165) is 0 Å². The average molecular weight is 224 g/mol. The van der Waals surface area contributed by atoms with Crippen LogP contribution in [0.3, 0.4) is 0 Å². The van der Waals surface area contributed by atoms with E-state index in [-0.39, 0.29) is 25.0 Å². The molecule has 1 fully saturated rings. The Morgan fingerprint density at radius 3 is 2.67 bits per heavy atom. The Kier molecular flexibility index (Phi) is 3.76. The molecule has 5 heteroatoms. The molecular weight excluding hydrogens is 209 g/mol. The molecule has 88 valence electrons. The Morgan fingerprint density at radius 2 is 2.13 bits per heavy atom. The monoisotopic (exact) mass is 224 g/mol. The number of halogens is 3. The molecule has 0 aliphatic carbocycles. The van der Waals surface area contributed by atoms with Crippen molar-refractivity contribution >= 4 is 5.78 Å². The highest BCUT2D eigenvalue weighted by molar-refractivity contribution is 5.80. The molecule has 1 heterocycles. The molecule has 0 aromatic heterocycles. The third-order valence-corrected chi connectivity index (χ3v) is 2.57. The highest BCUT2D eigenvalue weighted by Gasteiger charge is 2.34. The van der Waals surface area contributed by atoms with Crippen LogP contribution in [0.25, 0.3) is 0 Å². The number of carbonyl (C=O) groups excluding carboxylic acids is 1. The molecule has 0 spiro atoms. The van der Waals surface area contributed by atoms with Gasteiger partial charge < -0.3 is 4.74 Å². The summed E-state index contributed by atoms with van der Waals surface area (Å²) in [5.74, 6) is 0.0794. The minimum absolute atomic E-state index is 0.0211. The van der Waals surface area contributed by atoms with Gasteiger partial charge in [-0.05, 0) is 19.8 Å². The molecule has 15 heavy (non-hydrogen) atoms. The van der Waals surface area contributed by atoms with Crippen LogP contribution in [0.2, 0.25) is 0 Å². The molecule has 0 radical (unpaired) electrons. The topological polar surface area (TPSA) is 26.3 Å². The number of ketones is 1. The van der Waals surface area contributed by atoms with E-state index in [0.29, 0.717) is 13.0 Å². The minimum atomic E-state index is -4.12. The second kappa shape index (κ2) is 4.51. The van der Waals surface area contributed by atoms with Gasteiger partial charge in [-0.25, -0.2) is 0 Å². The van der Waals surface area contributed by atoms with Crippen LogP contribution in [0.4, 0.5) is 13.2 Å². The zero-order valence-electron chi connectivity index (χ0n) is 8.69. The normalized spacial score (nSPS) is 28.1. The summed E-state index contributed by atoms with van der Waals surface area (Å²) in [5, 5.41) is 0. The number of ether oxygens (including phenoxy) is 1. The van der Waals surface area contributed by atoms with Gasteiger partial charge in [-0.15, -0.1) is 0 Å². The third-order valence-electron chi connectivity index (χ3n) is 2.57. The van der Waals surface area contributed by atoms with Crippen molar-refractivity contribution in [1.82, 2.24) is 0 Å². The first-order chi connectivity index (χ1) is 6.81. The fourth-order valence-electron chi connectivity index (χ4n) is 1.79. The average Bonchev–Trinajstić information content (AvgIpc) is 1.99. The first-order valence-electron chi connectivity index (χ1n) is 5.03. The SMILES string of the molecule is CC1(CCCC(F)(F)F)CC(=O)CCO1. The van der Waals surface area contributed by atoms with Crippen molar-refractivity contribution in [3.05, 3.63) is 0 Å². The van der Waals surface area contributed by atoms with E-state index in [1.165, 1.54) is 0 Å². The number of carbonyl (C=O) groups is 1. The van der Waals surface area contributed by atoms with Crippen molar-refractivity contribution in [2.24, 2.45) is 0 Å². The maximum atomic E-state index is 11.9. The quantitative estimate of drug-likeness (QED) is 0.736. The largest absolute Gasteiger partial charge is 0.389 e. The van der Waals surface area contributed by atoms with Gasteiger partial charge in [-0.3, -0.25) is 4.79 Å². The molecule has 1 rings (SSSR count). The summed E-state index contributed by atoms with van der Waals surface area (Å²) in [4.78, 5) is 11.1. The summed E-state index contributed by atoms with van der Waals surface area (Å²) >= 11 is 0. The third kappa shape index (κ3) is 4.64. The molecule has 1 unspecified atom stereocenters. The minimum Gasteiger partial charge on any atom is -0.374 e. The van der Waals surface area contributed by atoms with Gasteiger partial charge in [-0.1, -0.05) is 0 Å². The Morgan fingerprint density at radius 1 is 1.47 bits per heavy atom. The zero-order chi connectivity index (χ0) is 11.5. The van der Waals surface area contributed by atoms with E-state index in [9.17, 15) is 18.0 Å². The lowest BCUT2D eigenvalue weighted by atomic mass is 9.90. The van der Waals surface area contributed by atoms with Crippen LogP contribution < -0.4 is 0 Å². The van der Waals surface area contributed by atoms with E-state index < -0.39 is 18.2 Å². The summed E-state index contributed by atoms with van der Waals surface area (Å²) in [6, 6.07) is 0. The maximum absolute atomic E-state index is 11.9. The predicted molar refractivity (Wildman–Crippen MR) is 48.5 cm³/mol. The molecule has 0 amide bonds. The van der Waals surface area contributed by atoms with Crippen molar-refractivity contribution in [2.75, 3.05) is 6.61 Å². The van der Waals surface area contributed by atoms with Crippen LogP contribution >= 0.6 is 0 Å². The standard InChI is InChI=1S/C10H15F3O2/c1-9(4-2-5-10(11,12)13)7-8(14)3-6-15-9/h2-7H2,1H3. The van der Waals surface area contributed by atoms with Crippen LogP contribution in [0.15, 0.2) is 0 Å². The van der Waals surface area contributed by atoms with Crippen LogP contribution in [-0.4, -0.2) is 24.2 Å². The van der Waals surface area contributed by atoms with Crippen molar-refractivity contribution in [3.8, 4) is 0 Å². The van der Waals surface area contributed by atoms with Gasteiger partial charge in [0.05, 0.1) is 12.2 Å². The Bertz CT molecular complexity index is 237. The molecule has 1 aliphatic rings. The number of Topliss-reactive ketones (excluding diaryl/α,β-unsaturated/α-hetero) is 1. The fraction of sp³-hybridized carbons (Fsp3) is 0.900. The lowest BCUT2D eigenvalue weighted by molar-refractivity contribution is -0.146. The van der Waals surface area contributed by atoms with E-state index in [4.69, 9.17) is 4.74 Å². The molecule has 0 bridgehead atoms. The molecule has 1 saturated heterocycles. The summed E-state index contributed by atoms with van der Waals surface area (Å²) in [6.45, 7) is 2.04. The number of hydrogen-bond donors (Lipinski definition) is 0. The van der Waals surface area contributed by atoms with Gasteiger partial charge in [0.1, 0.15) is 5.78 Å². The smallest absolute Gasteiger partial charge is 0.374 e. The lowest BCUT2D eigenvalue weighted by Crippen LogP contribution is -2.37. The van der Waals surface area contributed by atoms with Gasteiger partial charge >= 0.3 is 6.18 Å². The maximum Gasteiger partial charge on any atom is 0.389 e. The van der Waals surface area contributed by atoms with Crippen LogP contribution in [0.5, 0.6) is 0 Å². The summed E-state index contributed by atoms with van der Waals surface area (Å²) in [6.07, 6.45) is -3.99. The predicted octanol–water partition coefficient (Wildman–Crippen LogP) is 2.86. The molecule has 2 nitrogen and oxygen atoms in total. The van der Waals surface area contributed by atoms with Crippen molar-refractivity contribution in [2.45, 2.75) is 50.8 Å². The van der Waals surface area contributed by atoms with E-state index in [1.54, 1.807) is 6.92 Å². The zero-order valence-corrected chi connectivity index (χ0v) is 8.69. The van der Waals surface area contributed by atoms with Gasteiger partial charge in [0.2, 0.25) is 0 Å². The van der Waals surface area contributed by atoms with Crippen molar-refractivity contribution in [3.63, 3.8) is 0 Å². The molecular formula is C10H15F3O2. The molecule has 1 atom stereocenters. The van der Waals surface area contributed by atoms with Crippen LogP contribution in [0.1, 0.15) is 39.0 Å². The van der Waals surface area contributed by atoms with Crippen molar-refractivity contribution in [1.29, 1.82) is 0 Å². The van der Waals surface area contributed by atoms with E-state index in [1.807, 2.05) is 0 Å². The highest BCUT2D eigenvalue weighted by atomic mass is 19.4. The van der Waals surface area contributed by atoms with E-state index >= 15 is 0 Å². The molecule has 0 aromatic rings. The fourth-order valence-corrected chi connectivity index (χ4v) is 1.79. The molecule has 1 aliphatic heterocycles. The lowest BCUT2D eigenvalue weighted by Gasteiger charge is -2.33. The summed E-state index contributed by atoms with van der Waals surface area (Å²) in [7, 11) is 0. The number of rotatable bonds is 3. The molecule has 0 saturated carbocycles. The van der Waals surface area contributed by atoms with E-state index in [2.05, 4.69) is 0 Å². The summed E-state index contributed by atoms with van der Waals surface area (Å²) < 4.78 is 41.1. The highest BCUT2D eigenvalue weighted by Crippen LogP contribution is 2.30.